The minimum absolute atomic E-state index is 0.234. The number of aliphatic hydroxyl groups is 1. The number of pyridine rings is 1. The molecule has 2 N–H and O–H groups in total. The van der Waals surface area contributed by atoms with E-state index in [4.69, 9.17) is 4.74 Å². The molecule has 4 rings (SSSR count). The molecule has 138 valence electrons. The summed E-state index contributed by atoms with van der Waals surface area (Å²) in [5, 5.41) is 12.5. The number of carbonyl (C=O) groups is 1. The van der Waals surface area contributed by atoms with E-state index < -0.39 is 11.6 Å². The van der Waals surface area contributed by atoms with Crippen molar-refractivity contribution in [3.8, 4) is 0 Å². The second kappa shape index (κ2) is 6.63. The van der Waals surface area contributed by atoms with E-state index in [0.29, 0.717) is 6.42 Å². The SMILES string of the molecule is CCOC(=O)c1cc2c(cn1)[nH]c1ccc(CC3(O)C=CC(F)=CC3)cc12. The quantitative estimate of drug-likeness (QED) is 0.685. The van der Waals surface area contributed by atoms with Gasteiger partial charge < -0.3 is 14.8 Å². The van der Waals surface area contributed by atoms with Gasteiger partial charge in [-0.25, -0.2) is 14.2 Å². The number of esters is 1. The van der Waals surface area contributed by atoms with Crippen molar-refractivity contribution in [1.82, 2.24) is 9.97 Å². The monoisotopic (exact) mass is 366 g/mol. The van der Waals surface area contributed by atoms with Crippen LogP contribution >= 0.6 is 0 Å². The second-order valence-electron chi connectivity index (χ2n) is 6.75. The Morgan fingerprint density at radius 1 is 1.33 bits per heavy atom. The van der Waals surface area contributed by atoms with Gasteiger partial charge in [-0.2, -0.15) is 0 Å². The minimum Gasteiger partial charge on any atom is -0.461 e. The standard InChI is InChI=1S/C21H19FN2O3/c1-2-27-20(25)18-10-16-15-9-13(3-4-17(15)24-19(16)12-23-18)11-21(26)7-5-14(22)6-8-21/h3-7,9-10,12,24,26H,2,8,11H2,1H3. The van der Waals surface area contributed by atoms with Gasteiger partial charge in [0.25, 0.3) is 0 Å². The summed E-state index contributed by atoms with van der Waals surface area (Å²) >= 11 is 0. The highest BCUT2D eigenvalue weighted by molar-refractivity contribution is 6.08. The van der Waals surface area contributed by atoms with Crippen molar-refractivity contribution in [3.05, 3.63) is 65.8 Å². The largest absolute Gasteiger partial charge is 0.461 e. The van der Waals surface area contributed by atoms with E-state index in [0.717, 1.165) is 27.4 Å². The van der Waals surface area contributed by atoms with Crippen molar-refractivity contribution in [2.75, 3.05) is 6.61 Å². The van der Waals surface area contributed by atoms with Crippen LogP contribution in [0.15, 0.2) is 54.5 Å². The van der Waals surface area contributed by atoms with Crippen LogP contribution in [0.25, 0.3) is 21.8 Å². The molecule has 1 unspecified atom stereocenters. The number of halogens is 1. The van der Waals surface area contributed by atoms with E-state index in [1.165, 1.54) is 18.2 Å². The summed E-state index contributed by atoms with van der Waals surface area (Å²) in [6.45, 7) is 2.04. The molecule has 0 saturated carbocycles. The van der Waals surface area contributed by atoms with Crippen LogP contribution in [0.3, 0.4) is 0 Å². The van der Waals surface area contributed by atoms with E-state index in [2.05, 4.69) is 9.97 Å². The number of fused-ring (bicyclic) bond motifs is 3. The Hall–Kier alpha value is -2.99. The molecule has 0 spiro atoms. The Labute approximate surface area is 155 Å². The fourth-order valence-corrected chi connectivity index (χ4v) is 3.40. The van der Waals surface area contributed by atoms with Gasteiger partial charge in [0.2, 0.25) is 0 Å². The molecule has 5 nitrogen and oxygen atoms in total. The summed E-state index contributed by atoms with van der Waals surface area (Å²) in [4.78, 5) is 19.4. The Balaban J connectivity index is 1.72. The molecule has 1 aliphatic rings. The fraction of sp³-hybridized carbons (Fsp3) is 0.238. The van der Waals surface area contributed by atoms with Gasteiger partial charge >= 0.3 is 5.97 Å². The molecule has 0 saturated heterocycles. The van der Waals surface area contributed by atoms with Crippen molar-refractivity contribution in [2.24, 2.45) is 0 Å². The van der Waals surface area contributed by atoms with Gasteiger partial charge in [0.15, 0.2) is 0 Å². The van der Waals surface area contributed by atoms with Gasteiger partial charge in [0.1, 0.15) is 11.5 Å². The summed E-state index contributed by atoms with van der Waals surface area (Å²) in [5.41, 5.74) is 1.79. The Morgan fingerprint density at radius 2 is 2.15 bits per heavy atom. The Bertz CT molecular complexity index is 1100. The summed E-state index contributed by atoms with van der Waals surface area (Å²) < 4.78 is 18.2. The highest BCUT2D eigenvalue weighted by atomic mass is 19.1. The number of nitrogens with one attached hydrogen (secondary N) is 1. The molecule has 6 heteroatoms. The first-order chi connectivity index (χ1) is 13.0. The van der Waals surface area contributed by atoms with Crippen LogP contribution in [0, 0.1) is 0 Å². The van der Waals surface area contributed by atoms with Crippen LogP contribution in [-0.2, 0) is 11.2 Å². The molecule has 2 aromatic heterocycles. The maximum atomic E-state index is 13.2. The lowest BCUT2D eigenvalue weighted by atomic mass is 9.88. The molecule has 1 aromatic carbocycles. The third kappa shape index (κ3) is 3.36. The molecule has 0 amide bonds. The molecule has 0 bridgehead atoms. The number of rotatable bonds is 4. The van der Waals surface area contributed by atoms with Gasteiger partial charge in [0.05, 0.1) is 23.9 Å². The van der Waals surface area contributed by atoms with Crippen molar-refractivity contribution in [1.29, 1.82) is 0 Å². The number of hydrogen-bond donors (Lipinski definition) is 2. The molecule has 0 fully saturated rings. The zero-order chi connectivity index (χ0) is 19.0. The number of carbonyl (C=O) groups excluding carboxylic acids is 1. The van der Waals surface area contributed by atoms with Crippen molar-refractivity contribution < 1.29 is 19.0 Å². The average Bonchev–Trinajstić information content (AvgIpc) is 3.02. The number of allylic oxidation sites excluding steroid dienone is 2. The zero-order valence-electron chi connectivity index (χ0n) is 14.8. The average molecular weight is 366 g/mol. The predicted octanol–water partition coefficient (Wildman–Crippen LogP) is 3.98. The molecule has 0 aliphatic heterocycles. The van der Waals surface area contributed by atoms with Gasteiger partial charge in [-0.1, -0.05) is 6.07 Å². The van der Waals surface area contributed by atoms with Crippen LogP contribution in [0.4, 0.5) is 4.39 Å². The predicted molar refractivity (Wildman–Crippen MR) is 101 cm³/mol. The van der Waals surface area contributed by atoms with Crippen molar-refractivity contribution in [2.45, 2.75) is 25.4 Å². The highest BCUT2D eigenvalue weighted by Crippen LogP contribution is 2.30. The van der Waals surface area contributed by atoms with Crippen LogP contribution in [0.2, 0.25) is 0 Å². The van der Waals surface area contributed by atoms with Crippen LogP contribution in [0.1, 0.15) is 29.4 Å². The van der Waals surface area contributed by atoms with E-state index in [1.807, 2.05) is 18.2 Å². The number of nitrogens with zero attached hydrogens (tertiary/aromatic N) is 1. The van der Waals surface area contributed by atoms with E-state index in [-0.39, 0.29) is 24.5 Å². The van der Waals surface area contributed by atoms with Crippen LogP contribution < -0.4 is 0 Å². The van der Waals surface area contributed by atoms with Gasteiger partial charge in [0, 0.05) is 29.1 Å². The molecule has 27 heavy (non-hydrogen) atoms. The molecule has 1 atom stereocenters. The molecule has 0 radical (unpaired) electrons. The third-order valence-electron chi connectivity index (χ3n) is 4.75. The Morgan fingerprint density at radius 3 is 2.89 bits per heavy atom. The number of H-pyrrole nitrogens is 1. The van der Waals surface area contributed by atoms with E-state index in [1.54, 1.807) is 19.2 Å². The summed E-state index contributed by atoms with van der Waals surface area (Å²) in [7, 11) is 0. The molecular weight excluding hydrogens is 347 g/mol. The first-order valence-electron chi connectivity index (χ1n) is 8.82. The first-order valence-corrected chi connectivity index (χ1v) is 8.82. The second-order valence-corrected chi connectivity index (χ2v) is 6.75. The molecule has 2 heterocycles. The summed E-state index contributed by atoms with van der Waals surface area (Å²) in [6, 6.07) is 7.55. The maximum absolute atomic E-state index is 13.2. The lowest BCUT2D eigenvalue weighted by Gasteiger charge is -2.25. The van der Waals surface area contributed by atoms with Crippen LogP contribution in [0.5, 0.6) is 0 Å². The number of aromatic nitrogens is 2. The van der Waals surface area contributed by atoms with E-state index >= 15 is 0 Å². The Kier molecular flexibility index (Phi) is 4.28. The van der Waals surface area contributed by atoms with E-state index in [9.17, 15) is 14.3 Å². The molecule has 3 aromatic rings. The number of hydrogen-bond acceptors (Lipinski definition) is 4. The minimum atomic E-state index is -1.10. The maximum Gasteiger partial charge on any atom is 0.356 e. The first kappa shape index (κ1) is 17.4. The molecular formula is C21H19FN2O3. The normalized spacial score (nSPS) is 19.4. The van der Waals surface area contributed by atoms with Crippen molar-refractivity contribution >= 4 is 27.8 Å². The topological polar surface area (TPSA) is 75.2 Å². The summed E-state index contributed by atoms with van der Waals surface area (Å²) in [5.74, 6) is -0.786. The van der Waals surface area contributed by atoms with Crippen molar-refractivity contribution in [3.63, 3.8) is 0 Å². The molecule has 1 aliphatic carbocycles. The number of ether oxygens (including phenoxy) is 1. The van der Waals surface area contributed by atoms with Gasteiger partial charge in [-0.05, 0) is 48.9 Å². The lowest BCUT2D eigenvalue weighted by Crippen LogP contribution is -2.29. The smallest absolute Gasteiger partial charge is 0.356 e. The number of aromatic amines is 1. The van der Waals surface area contributed by atoms with Crippen LogP contribution in [-0.4, -0.2) is 33.3 Å². The third-order valence-corrected chi connectivity index (χ3v) is 4.75. The highest BCUT2D eigenvalue weighted by Gasteiger charge is 2.26. The fourth-order valence-electron chi connectivity index (χ4n) is 3.40. The van der Waals surface area contributed by atoms with Gasteiger partial charge in [-0.15, -0.1) is 0 Å². The number of benzene rings is 1. The lowest BCUT2D eigenvalue weighted by molar-refractivity contribution is 0.0519. The summed E-state index contributed by atoms with van der Waals surface area (Å²) in [6.07, 6.45) is 6.41. The van der Waals surface area contributed by atoms with Gasteiger partial charge in [-0.3, -0.25) is 0 Å². The zero-order valence-corrected chi connectivity index (χ0v) is 14.8.